The van der Waals surface area contributed by atoms with Crippen molar-refractivity contribution in [2.45, 2.75) is 19.0 Å². The minimum atomic E-state index is 0.623. The van der Waals surface area contributed by atoms with Gasteiger partial charge in [0.2, 0.25) is 0 Å². The summed E-state index contributed by atoms with van der Waals surface area (Å²) in [4.78, 5) is 2.45. The lowest BCUT2D eigenvalue weighted by atomic mass is 10.2. The topological polar surface area (TPSA) is 33.7 Å². The normalized spacial score (nSPS) is 20.1. The number of likely N-dealkylation sites (tertiary alicyclic amines) is 1. The Kier molecular flexibility index (Phi) is 4.44. The van der Waals surface area contributed by atoms with E-state index in [1.54, 1.807) is 14.2 Å². The van der Waals surface area contributed by atoms with Gasteiger partial charge in [-0.15, -0.1) is 0 Å². The van der Waals surface area contributed by atoms with E-state index < -0.39 is 0 Å². The van der Waals surface area contributed by atoms with Crippen LogP contribution in [-0.2, 0) is 6.54 Å². The molecule has 0 aliphatic carbocycles. The number of hydrogen-bond acceptors (Lipinski definition) is 4. The summed E-state index contributed by atoms with van der Waals surface area (Å²) in [7, 11) is 5.40. The van der Waals surface area contributed by atoms with Crippen LogP contribution >= 0.6 is 0 Å². The molecule has 0 saturated carbocycles. The van der Waals surface area contributed by atoms with E-state index in [9.17, 15) is 0 Å². The van der Waals surface area contributed by atoms with Crippen molar-refractivity contribution in [3.63, 3.8) is 0 Å². The first kappa shape index (κ1) is 13.2. The Morgan fingerprint density at radius 2 is 1.89 bits per heavy atom. The summed E-state index contributed by atoms with van der Waals surface area (Å²) in [6.07, 6.45) is 1.22. The fraction of sp³-hybridized carbons (Fsp3) is 0.571. The molecule has 2 rings (SSSR count). The second-order valence-electron chi connectivity index (χ2n) is 4.73. The standard InChI is InChI=1S/C14H22N2O2/c1-15-12-4-5-16(10-12)9-11-6-13(17-2)8-14(7-11)18-3/h6-8,12,15H,4-5,9-10H2,1-3H3. The SMILES string of the molecule is CNC1CCN(Cc2cc(OC)cc(OC)c2)C1. The van der Waals surface area contributed by atoms with Crippen LogP contribution in [0.15, 0.2) is 18.2 Å². The number of ether oxygens (including phenoxy) is 2. The van der Waals surface area contributed by atoms with E-state index in [4.69, 9.17) is 9.47 Å². The van der Waals surface area contributed by atoms with Crippen molar-refractivity contribution in [1.29, 1.82) is 0 Å². The zero-order chi connectivity index (χ0) is 13.0. The van der Waals surface area contributed by atoms with Crippen molar-refractivity contribution in [3.05, 3.63) is 23.8 Å². The zero-order valence-corrected chi connectivity index (χ0v) is 11.4. The summed E-state index contributed by atoms with van der Waals surface area (Å²) in [6.45, 7) is 3.20. The molecule has 0 aromatic heterocycles. The highest BCUT2D eigenvalue weighted by atomic mass is 16.5. The molecule has 4 heteroatoms. The smallest absolute Gasteiger partial charge is 0.122 e. The predicted octanol–water partition coefficient (Wildman–Crippen LogP) is 1.50. The maximum absolute atomic E-state index is 5.29. The van der Waals surface area contributed by atoms with Crippen LogP contribution < -0.4 is 14.8 Å². The number of methoxy groups -OCH3 is 2. The van der Waals surface area contributed by atoms with Crippen molar-refractivity contribution in [3.8, 4) is 11.5 Å². The maximum Gasteiger partial charge on any atom is 0.122 e. The maximum atomic E-state index is 5.29. The fourth-order valence-electron chi connectivity index (χ4n) is 2.43. The lowest BCUT2D eigenvalue weighted by Crippen LogP contribution is -2.29. The molecule has 100 valence electrons. The van der Waals surface area contributed by atoms with Gasteiger partial charge >= 0.3 is 0 Å². The average molecular weight is 250 g/mol. The van der Waals surface area contributed by atoms with Crippen LogP contribution in [0, 0.1) is 0 Å². The van der Waals surface area contributed by atoms with E-state index in [2.05, 4.69) is 22.3 Å². The van der Waals surface area contributed by atoms with Crippen molar-refractivity contribution in [2.24, 2.45) is 0 Å². The number of nitrogens with one attached hydrogen (secondary N) is 1. The second-order valence-corrected chi connectivity index (χ2v) is 4.73. The molecule has 0 bridgehead atoms. The summed E-state index contributed by atoms with van der Waals surface area (Å²) in [5, 5.41) is 3.33. The van der Waals surface area contributed by atoms with Gasteiger partial charge in [-0.25, -0.2) is 0 Å². The number of likely N-dealkylation sites (N-methyl/N-ethyl adjacent to an activating group) is 1. The minimum Gasteiger partial charge on any atom is -0.497 e. The van der Waals surface area contributed by atoms with E-state index in [1.165, 1.54) is 12.0 Å². The Balaban J connectivity index is 2.04. The lowest BCUT2D eigenvalue weighted by molar-refractivity contribution is 0.320. The molecule has 1 aromatic rings. The van der Waals surface area contributed by atoms with E-state index in [0.717, 1.165) is 31.1 Å². The largest absolute Gasteiger partial charge is 0.497 e. The van der Waals surface area contributed by atoms with Crippen LogP contribution in [0.4, 0.5) is 0 Å². The van der Waals surface area contributed by atoms with Crippen LogP contribution in [-0.4, -0.2) is 45.3 Å². The van der Waals surface area contributed by atoms with Gasteiger partial charge in [0.1, 0.15) is 11.5 Å². The molecule has 1 unspecified atom stereocenters. The number of rotatable bonds is 5. The molecule has 0 spiro atoms. The summed E-state index contributed by atoms with van der Waals surface area (Å²) in [5.41, 5.74) is 1.24. The summed E-state index contributed by atoms with van der Waals surface area (Å²) >= 11 is 0. The quantitative estimate of drug-likeness (QED) is 0.858. The third kappa shape index (κ3) is 3.15. The third-order valence-corrected chi connectivity index (χ3v) is 3.50. The van der Waals surface area contributed by atoms with E-state index in [-0.39, 0.29) is 0 Å². The van der Waals surface area contributed by atoms with Gasteiger partial charge in [-0.05, 0) is 31.2 Å². The van der Waals surface area contributed by atoms with E-state index in [0.29, 0.717) is 6.04 Å². The fourth-order valence-corrected chi connectivity index (χ4v) is 2.43. The summed E-state index contributed by atoms with van der Waals surface area (Å²) in [6, 6.07) is 6.69. The van der Waals surface area contributed by atoms with Crippen molar-refractivity contribution < 1.29 is 9.47 Å². The number of hydrogen-bond donors (Lipinski definition) is 1. The Bertz CT molecular complexity index is 373. The Hall–Kier alpha value is -1.26. The molecule has 0 radical (unpaired) electrons. The van der Waals surface area contributed by atoms with E-state index >= 15 is 0 Å². The minimum absolute atomic E-state index is 0.623. The Labute approximate surface area is 109 Å². The molecule has 4 nitrogen and oxygen atoms in total. The van der Waals surface area contributed by atoms with Gasteiger partial charge in [-0.1, -0.05) is 0 Å². The molecule has 1 aromatic carbocycles. The van der Waals surface area contributed by atoms with Gasteiger partial charge < -0.3 is 14.8 Å². The third-order valence-electron chi connectivity index (χ3n) is 3.50. The van der Waals surface area contributed by atoms with Crippen LogP contribution in [0.5, 0.6) is 11.5 Å². The average Bonchev–Trinajstić information content (AvgIpc) is 2.85. The first-order chi connectivity index (χ1) is 8.75. The van der Waals surface area contributed by atoms with Gasteiger partial charge in [0.25, 0.3) is 0 Å². The van der Waals surface area contributed by atoms with Crippen LogP contribution in [0.3, 0.4) is 0 Å². The molecule has 1 aliphatic rings. The van der Waals surface area contributed by atoms with Crippen LogP contribution in [0.2, 0.25) is 0 Å². The van der Waals surface area contributed by atoms with Crippen LogP contribution in [0.1, 0.15) is 12.0 Å². The molecular formula is C14H22N2O2. The highest BCUT2D eigenvalue weighted by molar-refractivity contribution is 5.38. The first-order valence-electron chi connectivity index (χ1n) is 6.36. The molecule has 1 heterocycles. The lowest BCUT2D eigenvalue weighted by Gasteiger charge is -2.17. The van der Waals surface area contributed by atoms with Gasteiger partial charge in [-0.2, -0.15) is 0 Å². The Morgan fingerprint density at radius 3 is 2.39 bits per heavy atom. The number of nitrogens with zero attached hydrogens (tertiary/aromatic N) is 1. The molecule has 0 amide bonds. The van der Waals surface area contributed by atoms with Crippen LogP contribution in [0.25, 0.3) is 0 Å². The Morgan fingerprint density at radius 1 is 1.22 bits per heavy atom. The van der Waals surface area contributed by atoms with Crippen molar-refractivity contribution >= 4 is 0 Å². The zero-order valence-electron chi connectivity index (χ0n) is 11.4. The molecule has 1 aliphatic heterocycles. The number of benzene rings is 1. The monoisotopic (exact) mass is 250 g/mol. The molecular weight excluding hydrogens is 228 g/mol. The van der Waals surface area contributed by atoms with Gasteiger partial charge in [0, 0.05) is 31.7 Å². The van der Waals surface area contributed by atoms with Gasteiger partial charge in [-0.3, -0.25) is 4.90 Å². The predicted molar refractivity (Wildman–Crippen MR) is 72.3 cm³/mol. The summed E-state index contributed by atoms with van der Waals surface area (Å²) < 4.78 is 10.6. The molecule has 1 saturated heterocycles. The van der Waals surface area contributed by atoms with E-state index in [1.807, 2.05) is 13.1 Å². The van der Waals surface area contributed by atoms with Gasteiger partial charge in [0.05, 0.1) is 14.2 Å². The van der Waals surface area contributed by atoms with Crippen molar-refractivity contribution in [1.82, 2.24) is 10.2 Å². The van der Waals surface area contributed by atoms with Gasteiger partial charge in [0.15, 0.2) is 0 Å². The highest BCUT2D eigenvalue weighted by Crippen LogP contribution is 2.24. The first-order valence-corrected chi connectivity index (χ1v) is 6.36. The highest BCUT2D eigenvalue weighted by Gasteiger charge is 2.20. The molecule has 1 N–H and O–H groups in total. The molecule has 1 fully saturated rings. The van der Waals surface area contributed by atoms with Crippen molar-refractivity contribution in [2.75, 3.05) is 34.4 Å². The molecule has 1 atom stereocenters. The second kappa shape index (κ2) is 6.07. The summed E-state index contributed by atoms with van der Waals surface area (Å²) in [5.74, 6) is 1.71. The molecule has 18 heavy (non-hydrogen) atoms.